The third-order valence-electron chi connectivity index (χ3n) is 3.84. The summed E-state index contributed by atoms with van der Waals surface area (Å²) in [5.74, 6) is 0.786. The normalized spacial score (nSPS) is 11.5. The van der Waals surface area contributed by atoms with Crippen molar-refractivity contribution in [3.05, 3.63) is 71.3 Å². The van der Waals surface area contributed by atoms with E-state index < -0.39 is 0 Å². The molecule has 0 radical (unpaired) electrons. The van der Waals surface area contributed by atoms with Gasteiger partial charge in [0.15, 0.2) is 5.78 Å². The molecule has 2 rings (SSSR count). The average Bonchev–Trinajstić information content (AvgIpc) is 2.60. The van der Waals surface area contributed by atoms with Crippen LogP contribution in [0.5, 0.6) is 5.75 Å². The number of rotatable bonds is 9. The molecule has 0 N–H and O–H groups in total. The number of likely N-dealkylation sites (N-methyl/N-ethyl adjacent to an activating group) is 1. The highest BCUT2D eigenvalue weighted by Gasteiger charge is 2.05. The Morgan fingerprint density at radius 3 is 2.50 bits per heavy atom. The van der Waals surface area contributed by atoms with E-state index in [4.69, 9.17) is 4.74 Å². The molecule has 0 aromatic heterocycles. The zero-order valence-corrected chi connectivity index (χ0v) is 16.1. The number of para-hydroxylation sites is 1. The summed E-state index contributed by atoms with van der Waals surface area (Å²) in [6.07, 6.45) is 3.44. The van der Waals surface area contributed by atoms with Gasteiger partial charge in [0.25, 0.3) is 0 Å². The van der Waals surface area contributed by atoms with Crippen molar-refractivity contribution in [2.75, 3.05) is 41.3 Å². The molecule has 4 nitrogen and oxygen atoms in total. The molecule has 0 aliphatic heterocycles. The van der Waals surface area contributed by atoms with Gasteiger partial charge in [-0.2, -0.15) is 0 Å². The minimum absolute atomic E-state index is 0.00583. The van der Waals surface area contributed by atoms with Crippen molar-refractivity contribution in [3.63, 3.8) is 0 Å². The summed E-state index contributed by atoms with van der Waals surface area (Å²) in [6.45, 7) is 2.27. The van der Waals surface area contributed by atoms with Gasteiger partial charge >= 0.3 is 0 Å². The fourth-order valence-electron chi connectivity index (χ4n) is 2.54. The van der Waals surface area contributed by atoms with Gasteiger partial charge in [-0.15, -0.1) is 0 Å². The molecule has 0 fully saturated rings. The lowest BCUT2D eigenvalue weighted by molar-refractivity contribution is 0.104. The first-order valence-electron chi connectivity index (χ1n) is 8.78. The second-order valence-electron chi connectivity index (χ2n) is 6.83. The van der Waals surface area contributed by atoms with Gasteiger partial charge in [0, 0.05) is 24.2 Å². The third kappa shape index (κ3) is 6.47. The van der Waals surface area contributed by atoms with Gasteiger partial charge in [0.1, 0.15) is 12.4 Å². The molecule has 0 saturated carbocycles. The summed E-state index contributed by atoms with van der Waals surface area (Å²) in [5.41, 5.74) is 2.73. The maximum Gasteiger partial charge on any atom is 0.185 e. The Labute approximate surface area is 156 Å². The van der Waals surface area contributed by atoms with E-state index >= 15 is 0 Å². The van der Waals surface area contributed by atoms with E-state index in [0.29, 0.717) is 12.2 Å². The number of ether oxygens (including phenoxy) is 1. The lowest BCUT2D eigenvalue weighted by Gasteiger charge is -2.12. The maximum atomic E-state index is 12.5. The largest absolute Gasteiger partial charge is 0.492 e. The van der Waals surface area contributed by atoms with E-state index in [-0.39, 0.29) is 5.78 Å². The predicted octanol–water partition coefficient (Wildman–Crippen LogP) is 3.58. The Kier molecular flexibility index (Phi) is 7.57. The molecular weight excluding hydrogens is 324 g/mol. The number of carbonyl (C=O) groups excluding carboxylic acids is 1. The van der Waals surface area contributed by atoms with Crippen molar-refractivity contribution in [2.24, 2.45) is 0 Å². The summed E-state index contributed by atoms with van der Waals surface area (Å²) in [5, 5.41) is 0. The topological polar surface area (TPSA) is 32.8 Å². The zero-order chi connectivity index (χ0) is 18.9. The molecule has 138 valence electrons. The highest BCUT2D eigenvalue weighted by molar-refractivity contribution is 6.07. The van der Waals surface area contributed by atoms with Crippen LogP contribution in [0.15, 0.2) is 54.6 Å². The number of ketones is 1. The number of carbonyl (C=O) groups is 1. The van der Waals surface area contributed by atoms with Gasteiger partial charge < -0.3 is 14.5 Å². The Bertz CT molecular complexity index is 751. The second kappa shape index (κ2) is 9.90. The van der Waals surface area contributed by atoms with Crippen LogP contribution in [0.1, 0.15) is 21.5 Å². The summed E-state index contributed by atoms with van der Waals surface area (Å²) >= 11 is 0. The maximum absolute atomic E-state index is 12.5. The van der Waals surface area contributed by atoms with Crippen molar-refractivity contribution in [1.82, 2.24) is 9.80 Å². The molecule has 0 bridgehead atoms. The number of hydrogen-bond acceptors (Lipinski definition) is 4. The molecule has 0 amide bonds. The zero-order valence-electron chi connectivity index (χ0n) is 16.1. The standard InChI is InChI=1S/C22H28N2O2/c1-23(2)14-15-26-22-11-6-5-9-19(22)12-13-21(25)20-10-7-8-18(16-20)17-24(3)4/h5-13,16H,14-15,17H2,1-4H3/b13-12+. The molecule has 0 aliphatic carbocycles. The molecule has 2 aromatic rings. The molecular formula is C22H28N2O2. The van der Waals surface area contributed by atoms with E-state index in [1.807, 2.05) is 82.8 Å². The number of benzene rings is 2. The van der Waals surface area contributed by atoms with Crippen molar-refractivity contribution >= 4 is 11.9 Å². The number of hydrogen-bond donors (Lipinski definition) is 0. The van der Waals surface area contributed by atoms with Crippen LogP contribution in [0.4, 0.5) is 0 Å². The average molecular weight is 352 g/mol. The minimum atomic E-state index is -0.00583. The molecule has 0 aliphatic rings. The van der Waals surface area contributed by atoms with Crippen LogP contribution in [0.3, 0.4) is 0 Å². The number of allylic oxidation sites excluding steroid dienone is 1. The lowest BCUT2D eigenvalue weighted by atomic mass is 10.1. The van der Waals surface area contributed by atoms with E-state index in [1.54, 1.807) is 6.08 Å². The molecule has 26 heavy (non-hydrogen) atoms. The SMILES string of the molecule is CN(C)CCOc1ccccc1/C=C/C(=O)c1cccc(CN(C)C)c1. The Balaban J connectivity index is 2.08. The fraction of sp³-hybridized carbons (Fsp3) is 0.318. The first kappa shape index (κ1) is 19.9. The Morgan fingerprint density at radius 2 is 1.77 bits per heavy atom. The van der Waals surface area contributed by atoms with E-state index in [0.717, 1.165) is 30.0 Å². The van der Waals surface area contributed by atoms with E-state index in [9.17, 15) is 4.79 Å². The monoisotopic (exact) mass is 352 g/mol. The molecule has 2 aromatic carbocycles. The van der Waals surface area contributed by atoms with Crippen LogP contribution in [0.2, 0.25) is 0 Å². The summed E-state index contributed by atoms with van der Waals surface area (Å²) in [4.78, 5) is 16.7. The molecule has 0 heterocycles. The van der Waals surface area contributed by atoms with Crippen LogP contribution >= 0.6 is 0 Å². The highest BCUT2D eigenvalue weighted by atomic mass is 16.5. The third-order valence-corrected chi connectivity index (χ3v) is 3.84. The second-order valence-corrected chi connectivity index (χ2v) is 6.83. The first-order chi connectivity index (χ1) is 12.5. The molecule has 0 saturated heterocycles. The van der Waals surface area contributed by atoms with Crippen molar-refractivity contribution < 1.29 is 9.53 Å². The first-order valence-corrected chi connectivity index (χ1v) is 8.78. The highest BCUT2D eigenvalue weighted by Crippen LogP contribution is 2.20. The Morgan fingerprint density at radius 1 is 1.00 bits per heavy atom. The van der Waals surface area contributed by atoms with Crippen LogP contribution in [0.25, 0.3) is 6.08 Å². The predicted molar refractivity (Wildman–Crippen MR) is 108 cm³/mol. The van der Waals surface area contributed by atoms with Crippen LogP contribution in [0, 0.1) is 0 Å². The quantitative estimate of drug-likeness (QED) is 0.510. The lowest BCUT2D eigenvalue weighted by Crippen LogP contribution is -2.19. The Hall–Kier alpha value is -2.43. The van der Waals surface area contributed by atoms with Crippen LogP contribution in [-0.4, -0.2) is 56.9 Å². The van der Waals surface area contributed by atoms with Gasteiger partial charge in [-0.05, 0) is 58.0 Å². The summed E-state index contributed by atoms with van der Waals surface area (Å²) in [6, 6.07) is 15.5. The van der Waals surface area contributed by atoms with Crippen LogP contribution in [-0.2, 0) is 6.54 Å². The van der Waals surface area contributed by atoms with Gasteiger partial charge in [-0.25, -0.2) is 0 Å². The number of nitrogens with zero attached hydrogens (tertiary/aromatic N) is 2. The molecule has 0 spiro atoms. The van der Waals surface area contributed by atoms with Gasteiger partial charge in [-0.3, -0.25) is 4.79 Å². The van der Waals surface area contributed by atoms with Crippen molar-refractivity contribution in [2.45, 2.75) is 6.54 Å². The molecule has 4 heteroatoms. The van der Waals surface area contributed by atoms with Gasteiger partial charge in [0.2, 0.25) is 0 Å². The minimum Gasteiger partial charge on any atom is -0.492 e. The smallest absolute Gasteiger partial charge is 0.185 e. The van der Waals surface area contributed by atoms with E-state index in [2.05, 4.69) is 9.80 Å². The summed E-state index contributed by atoms with van der Waals surface area (Å²) < 4.78 is 5.84. The van der Waals surface area contributed by atoms with Crippen LogP contribution < -0.4 is 4.74 Å². The fourth-order valence-corrected chi connectivity index (χ4v) is 2.54. The summed E-state index contributed by atoms with van der Waals surface area (Å²) in [7, 11) is 8.06. The molecule has 0 atom stereocenters. The van der Waals surface area contributed by atoms with Crippen molar-refractivity contribution in [3.8, 4) is 5.75 Å². The van der Waals surface area contributed by atoms with Crippen molar-refractivity contribution in [1.29, 1.82) is 0 Å². The molecule has 0 unspecified atom stereocenters. The van der Waals surface area contributed by atoms with Gasteiger partial charge in [0.05, 0.1) is 0 Å². The van der Waals surface area contributed by atoms with Gasteiger partial charge in [-0.1, -0.05) is 36.4 Å². The van der Waals surface area contributed by atoms with E-state index in [1.165, 1.54) is 0 Å².